The number of aromatic amines is 1. The van der Waals surface area contributed by atoms with E-state index >= 15 is 0 Å². The van der Waals surface area contributed by atoms with Gasteiger partial charge in [-0.3, -0.25) is 14.3 Å². The average molecular weight is 183 g/mol. The number of nitrogens with zero attached hydrogens (tertiary/aromatic N) is 3. The van der Waals surface area contributed by atoms with Crippen LogP contribution < -0.4 is 11.3 Å². The number of aromatic nitrogens is 4. The fraction of sp³-hybridized carbons (Fsp3) is 0.167. The van der Waals surface area contributed by atoms with Crippen LogP contribution in [0.15, 0.2) is 4.79 Å². The first-order valence-corrected chi connectivity index (χ1v) is 3.47. The number of fused-ring (bicyclic) bond motifs is 1. The molecule has 68 valence electrons. The molecule has 0 aliphatic rings. The quantitative estimate of drug-likeness (QED) is 0.532. The summed E-state index contributed by atoms with van der Waals surface area (Å²) in [5.41, 5.74) is 4.82. The van der Waals surface area contributed by atoms with E-state index in [1.165, 1.54) is 7.05 Å². The molecule has 6 nitrogen and oxygen atoms in total. The van der Waals surface area contributed by atoms with E-state index in [1.807, 2.05) is 0 Å². The number of nitrogens with one attached hydrogen (secondary N) is 1. The molecule has 0 radical (unpaired) electrons. The molecule has 0 spiro atoms. The van der Waals surface area contributed by atoms with E-state index in [2.05, 4.69) is 15.0 Å². The van der Waals surface area contributed by atoms with Gasteiger partial charge < -0.3 is 5.73 Å². The van der Waals surface area contributed by atoms with Gasteiger partial charge in [-0.05, 0) is 0 Å². The minimum atomic E-state index is -0.765. The molecule has 0 bridgehead atoms. The van der Waals surface area contributed by atoms with Crippen LogP contribution >= 0.6 is 0 Å². The third kappa shape index (κ3) is 0.968. The van der Waals surface area contributed by atoms with Crippen molar-refractivity contribution in [3.63, 3.8) is 0 Å². The van der Waals surface area contributed by atoms with E-state index in [9.17, 15) is 9.18 Å². The first-order valence-electron chi connectivity index (χ1n) is 3.47. The molecule has 0 unspecified atom stereocenters. The van der Waals surface area contributed by atoms with Gasteiger partial charge >= 0.3 is 0 Å². The molecule has 0 aliphatic carbocycles. The van der Waals surface area contributed by atoms with Crippen molar-refractivity contribution in [1.82, 2.24) is 19.5 Å². The molecule has 3 N–H and O–H groups in total. The maximum absolute atomic E-state index is 12.9. The Morgan fingerprint density at radius 1 is 1.54 bits per heavy atom. The first-order chi connectivity index (χ1) is 6.09. The van der Waals surface area contributed by atoms with Crippen molar-refractivity contribution in [1.29, 1.82) is 0 Å². The van der Waals surface area contributed by atoms with Crippen molar-refractivity contribution in [2.24, 2.45) is 7.05 Å². The highest BCUT2D eigenvalue weighted by atomic mass is 19.1. The summed E-state index contributed by atoms with van der Waals surface area (Å²) in [6, 6.07) is 0. The summed E-state index contributed by atoms with van der Waals surface area (Å²) in [6.45, 7) is 0. The Kier molecular flexibility index (Phi) is 1.35. The van der Waals surface area contributed by atoms with Crippen molar-refractivity contribution in [3.8, 4) is 0 Å². The molecule has 2 aromatic heterocycles. The highest BCUT2D eigenvalue weighted by molar-refractivity contribution is 5.70. The predicted octanol–water partition coefficient (Wildman–Crippen LogP) is -0.622. The molecular formula is C6H6FN5O. The summed E-state index contributed by atoms with van der Waals surface area (Å²) in [7, 11) is 1.41. The number of anilines is 1. The number of H-pyrrole nitrogens is 1. The summed E-state index contributed by atoms with van der Waals surface area (Å²) in [5.74, 6) is -0.0551. The van der Waals surface area contributed by atoms with E-state index in [0.717, 1.165) is 4.57 Å². The van der Waals surface area contributed by atoms with Crippen LogP contribution in [0.2, 0.25) is 0 Å². The van der Waals surface area contributed by atoms with Crippen molar-refractivity contribution in [3.05, 3.63) is 16.4 Å². The lowest BCUT2D eigenvalue weighted by atomic mass is 10.5. The van der Waals surface area contributed by atoms with Gasteiger partial charge in [-0.2, -0.15) is 14.4 Å². The predicted molar refractivity (Wildman–Crippen MR) is 43.5 cm³/mol. The Bertz CT molecular complexity index is 528. The van der Waals surface area contributed by atoms with Gasteiger partial charge in [-0.25, -0.2) is 0 Å². The van der Waals surface area contributed by atoms with Gasteiger partial charge in [0.15, 0.2) is 11.2 Å². The monoisotopic (exact) mass is 183 g/mol. The van der Waals surface area contributed by atoms with Crippen LogP contribution in [0.3, 0.4) is 0 Å². The van der Waals surface area contributed by atoms with Crippen LogP contribution in [0, 0.1) is 6.08 Å². The molecule has 0 amide bonds. The Labute approximate surface area is 71.2 Å². The number of halogens is 1. The maximum Gasteiger partial charge on any atom is 0.291 e. The minimum absolute atomic E-state index is 0.0470. The highest BCUT2D eigenvalue weighted by Crippen LogP contribution is 2.06. The number of hydrogen-bond donors (Lipinski definition) is 2. The van der Waals surface area contributed by atoms with Gasteiger partial charge in [0.1, 0.15) is 0 Å². The number of rotatable bonds is 0. The second-order valence-corrected chi connectivity index (χ2v) is 2.56. The molecule has 13 heavy (non-hydrogen) atoms. The van der Waals surface area contributed by atoms with Crippen molar-refractivity contribution in [2.75, 3.05) is 5.73 Å². The highest BCUT2D eigenvalue weighted by Gasteiger charge is 2.11. The van der Waals surface area contributed by atoms with Crippen LogP contribution in [0.25, 0.3) is 11.2 Å². The van der Waals surface area contributed by atoms with E-state index in [-0.39, 0.29) is 17.1 Å². The SMILES string of the molecule is Cn1c(F)nc2c(=O)[nH]c(N)nc21. The average Bonchev–Trinajstić information content (AvgIpc) is 2.32. The molecule has 0 aromatic carbocycles. The molecule has 0 saturated carbocycles. The van der Waals surface area contributed by atoms with Crippen molar-refractivity contribution in [2.45, 2.75) is 0 Å². The Balaban J connectivity index is 3.03. The summed E-state index contributed by atoms with van der Waals surface area (Å²) in [5, 5.41) is 0. The fourth-order valence-electron chi connectivity index (χ4n) is 1.06. The third-order valence-electron chi connectivity index (χ3n) is 1.69. The van der Waals surface area contributed by atoms with E-state index in [0.29, 0.717) is 0 Å². The summed E-state index contributed by atoms with van der Waals surface area (Å²) in [6.07, 6.45) is -0.765. The fourth-order valence-corrected chi connectivity index (χ4v) is 1.06. The summed E-state index contributed by atoms with van der Waals surface area (Å²) in [4.78, 5) is 20.5. The van der Waals surface area contributed by atoms with Crippen LogP contribution in [0.4, 0.5) is 10.3 Å². The van der Waals surface area contributed by atoms with Gasteiger partial charge in [0.2, 0.25) is 5.95 Å². The molecule has 2 rings (SSSR count). The molecule has 2 heterocycles. The topological polar surface area (TPSA) is 89.6 Å². The van der Waals surface area contributed by atoms with Gasteiger partial charge in [0, 0.05) is 7.05 Å². The minimum Gasteiger partial charge on any atom is -0.369 e. The number of imidazole rings is 1. The van der Waals surface area contributed by atoms with Gasteiger partial charge in [-0.1, -0.05) is 0 Å². The first kappa shape index (κ1) is 7.71. The number of nitrogen functional groups attached to an aromatic ring is 1. The van der Waals surface area contributed by atoms with Crippen LogP contribution in [0.5, 0.6) is 0 Å². The molecule has 0 fully saturated rings. The normalized spacial score (nSPS) is 10.9. The standard InChI is InChI=1S/C6H6FN5O/c1-12-3-2(9-5(12)7)4(13)11-6(8)10-3/h1H3,(H3,8,10,11,13). The molecule has 0 aliphatic heterocycles. The van der Waals surface area contributed by atoms with Crippen molar-refractivity contribution >= 4 is 17.1 Å². The number of aryl methyl sites for hydroxylation is 1. The molecule has 7 heteroatoms. The Hall–Kier alpha value is -1.92. The smallest absolute Gasteiger partial charge is 0.291 e. The third-order valence-corrected chi connectivity index (χ3v) is 1.69. The van der Waals surface area contributed by atoms with Crippen LogP contribution in [0.1, 0.15) is 0 Å². The van der Waals surface area contributed by atoms with Gasteiger partial charge in [0.25, 0.3) is 11.6 Å². The lowest BCUT2D eigenvalue weighted by Crippen LogP contribution is -2.11. The zero-order valence-electron chi connectivity index (χ0n) is 6.71. The van der Waals surface area contributed by atoms with Gasteiger partial charge in [0.05, 0.1) is 0 Å². The lowest BCUT2D eigenvalue weighted by Gasteiger charge is -1.93. The molecule has 0 atom stereocenters. The van der Waals surface area contributed by atoms with Gasteiger partial charge in [-0.15, -0.1) is 0 Å². The molecule has 0 saturated heterocycles. The Morgan fingerprint density at radius 3 is 2.92 bits per heavy atom. The molecule has 2 aromatic rings. The zero-order valence-corrected chi connectivity index (χ0v) is 6.71. The van der Waals surface area contributed by atoms with E-state index in [4.69, 9.17) is 5.73 Å². The number of hydrogen-bond acceptors (Lipinski definition) is 4. The summed E-state index contributed by atoms with van der Waals surface area (Å²) >= 11 is 0. The largest absolute Gasteiger partial charge is 0.369 e. The zero-order chi connectivity index (χ0) is 9.59. The molecular weight excluding hydrogens is 177 g/mol. The Morgan fingerprint density at radius 2 is 2.23 bits per heavy atom. The van der Waals surface area contributed by atoms with E-state index < -0.39 is 11.6 Å². The lowest BCUT2D eigenvalue weighted by molar-refractivity contribution is 0.506. The van der Waals surface area contributed by atoms with Crippen LogP contribution in [-0.2, 0) is 7.05 Å². The maximum atomic E-state index is 12.9. The van der Waals surface area contributed by atoms with Crippen LogP contribution in [-0.4, -0.2) is 19.5 Å². The van der Waals surface area contributed by atoms with Crippen molar-refractivity contribution < 1.29 is 4.39 Å². The second-order valence-electron chi connectivity index (χ2n) is 2.56. The number of nitrogens with two attached hydrogens (primary N) is 1. The second kappa shape index (κ2) is 2.28. The van der Waals surface area contributed by atoms with E-state index in [1.54, 1.807) is 0 Å². The summed E-state index contributed by atoms with van der Waals surface area (Å²) < 4.78 is 13.9.